The number of pyridine rings is 1. The number of nitrogens with zero attached hydrogens (tertiary/aromatic N) is 3. The highest BCUT2D eigenvalue weighted by Crippen LogP contribution is 2.36. The highest BCUT2D eigenvalue weighted by atomic mass is 16.2. The zero-order valence-corrected chi connectivity index (χ0v) is 19.6. The highest BCUT2D eigenvalue weighted by Gasteiger charge is 2.41. The van der Waals surface area contributed by atoms with Gasteiger partial charge >= 0.3 is 0 Å². The van der Waals surface area contributed by atoms with Crippen molar-refractivity contribution < 1.29 is 4.79 Å². The topological polar surface area (TPSA) is 36.4 Å². The van der Waals surface area contributed by atoms with Crippen molar-refractivity contribution in [3.05, 3.63) is 78.1 Å². The lowest BCUT2D eigenvalue weighted by Crippen LogP contribution is -2.50. The average Bonchev–Trinajstić information content (AvgIpc) is 3.65. The van der Waals surface area contributed by atoms with E-state index in [1.807, 2.05) is 18.2 Å². The summed E-state index contributed by atoms with van der Waals surface area (Å²) in [5.41, 5.74) is 1.90. The Bertz CT molecular complexity index is 868. The second-order valence-electron chi connectivity index (χ2n) is 9.73. The van der Waals surface area contributed by atoms with Gasteiger partial charge in [-0.15, -0.1) is 0 Å². The number of hydrogen-bond acceptors (Lipinski definition) is 3. The molecule has 0 bridgehead atoms. The van der Waals surface area contributed by atoms with Gasteiger partial charge in [0.1, 0.15) is 5.69 Å². The van der Waals surface area contributed by atoms with Crippen LogP contribution in [0.1, 0.15) is 55.6 Å². The van der Waals surface area contributed by atoms with Crippen LogP contribution < -0.4 is 0 Å². The molecule has 1 aliphatic heterocycles. The average molecular weight is 432 g/mol. The molecule has 4 nitrogen and oxygen atoms in total. The van der Waals surface area contributed by atoms with Crippen molar-refractivity contribution in [1.82, 2.24) is 14.8 Å². The monoisotopic (exact) mass is 431 g/mol. The Labute approximate surface area is 193 Å². The van der Waals surface area contributed by atoms with Crippen molar-refractivity contribution >= 4 is 5.91 Å². The summed E-state index contributed by atoms with van der Waals surface area (Å²) < 4.78 is 0. The Hall–Kier alpha value is -2.46. The Kier molecular flexibility index (Phi) is 7.75. The van der Waals surface area contributed by atoms with Crippen LogP contribution in [0.25, 0.3) is 0 Å². The molecular weight excluding hydrogens is 394 g/mol. The summed E-state index contributed by atoms with van der Waals surface area (Å²) in [4.78, 5) is 22.8. The Morgan fingerprint density at radius 1 is 1.06 bits per heavy atom. The maximum Gasteiger partial charge on any atom is 0.272 e. The smallest absolute Gasteiger partial charge is 0.272 e. The van der Waals surface area contributed by atoms with Gasteiger partial charge in [-0.2, -0.15) is 0 Å². The summed E-state index contributed by atoms with van der Waals surface area (Å²) in [6.45, 7) is 7.70. The molecule has 0 unspecified atom stereocenters. The van der Waals surface area contributed by atoms with E-state index in [2.05, 4.69) is 71.1 Å². The van der Waals surface area contributed by atoms with E-state index in [0.29, 0.717) is 23.6 Å². The van der Waals surface area contributed by atoms with Crippen LogP contribution in [-0.4, -0.2) is 52.4 Å². The van der Waals surface area contributed by atoms with E-state index >= 15 is 0 Å². The van der Waals surface area contributed by atoms with Crippen LogP contribution in [0.3, 0.4) is 0 Å². The zero-order valence-electron chi connectivity index (χ0n) is 19.6. The lowest BCUT2D eigenvalue weighted by molar-refractivity contribution is 0.0491. The predicted molar refractivity (Wildman–Crippen MR) is 131 cm³/mol. The van der Waals surface area contributed by atoms with Gasteiger partial charge in [-0.3, -0.25) is 14.7 Å². The van der Waals surface area contributed by atoms with Crippen LogP contribution in [0, 0.1) is 11.8 Å². The van der Waals surface area contributed by atoms with Gasteiger partial charge in [0.25, 0.3) is 5.91 Å². The molecule has 4 heteroatoms. The summed E-state index contributed by atoms with van der Waals surface area (Å²) >= 11 is 0. The predicted octanol–water partition coefficient (Wildman–Crippen LogP) is 5.22. The van der Waals surface area contributed by atoms with Crippen molar-refractivity contribution in [2.24, 2.45) is 11.8 Å². The second kappa shape index (κ2) is 10.9. The number of allylic oxidation sites excluding steroid dienone is 1. The molecule has 1 atom stereocenters. The Morgan fingerprint density at radius 2 is 1.78 bits per heavy atom. The van der Waals surface area contributed by atoms with Crippen molar-refractivity contribution in [1.29, 1.82) is 0 Å². The first-order valence-corrected chi connectivity index (χ1v) is 12.3. The van der Waals surface area contributed by atoms with E-state index in [4.69, 9.17) is 0 Å². The third-order valence-electron chi connectivity index (χ3n) is 6.76. The second-order valence-corrected chi connectivity index (χ2v) is 9.73. The molecular formula is C28H37N3O. The number of hydrogen-bond donors (Lipinski definition) is 0. The minimum atomic E-state index is 0.108. The number of carbonyl (C=O) groups excluding carboxylic acids is 1. The molecule has 170 valence electrons. The molecule has 1 aromatic carbocycles. The molecule has 0 spiro atoms. The van der Waals surface area contributed by atoms with Crippen molar-refractivity contribution in [3.63, 3.8) is 0 Å². The first kappa shape index (κ1) is 22.7. The van der Waals surface area contributed by atoms with Crippen LogP contribution in [0.4, 0.5) is 0 Å². The fourth-order valence-corrected chi connectivity index (χ4v) is 4.91. The summed E-state index contributed by atoms with van der Waals surface area (Å²) in [5.74, 6) is 1.23. The Balaban J connectivity index is 1.52. The lowest BCUT2D eigenvalue weighted by atomic mass is 9.84. The SMILES string of the molecule is CC(C)/C=C/CN1CCC([C@H](Cc2ccccc2)N(C(=O)c2ccccn2)C2CC2)CC1. The normalized spacial score (nSPS) is 18.8. The van der Waals surface area contributed by atoms with E-state index in [1.165, 1.54) is 5.56 Å². The molecule has 1 saturated heterocycles. The van der Waals surface area contributed by atoms with Crippen LogP contribution in [-0.2, 0) is 6.42 Å². The van der Waals surface area contributed by atoms with Gasteiger partial charge in [-0.1, -0.05) is 62.4 Å². The van der Waals surface area contributed by atoms with E-state index in [-0.39, 0.29) is 11.9 Å². The van der Waals surface area contributed by atoms with Crippen molar-refractivity contribution in [2.75, 3.05) is 19.6 Å². The summed E-state index contributed by atoms with van der Waals surface area (Å²) in [7, 11) is 0. The molecule has 1 aromatic heterocycles. The summed E-state index contributed by atoms with van der Waals surface area (Å²) in [6, 6.07) is 16.9. The zero-order chi connectivity index (χ0) is 22.3. The van der Waals surface area contributed by atoms with Crippen molar-refractivity contribution in [3.8, 4) is 0 Å². The van der Waals surface area contributed by atoms with Gasteiger partial charge in [0, 0.05) is 24.8 Å². The minimum absolute atomic E-state index is 0.108. The quantitative estimate of drug-likeness (QED) is 0.511. The van der Waals surface area contributed by atoms with Crippen LogP contribution in [0.15, 0.2) is 66.9 Å². The maximum absolute atomic E-state index is 13.6. The highest BCUT2D eigenvalue weighted by molar-refractivity contribution is 5.93. The fraction of sp³-hybridized carbons (Fsp3) is 0.500. The molecule has 2 heterocycles. The van der Waals surface area contributed by atoms with Gasteiger partial charge in [-0.05, 0) is 74.7 Å². The summed E-state index contributed by atoms with van der Waals surface area (Å²) in [5, 5.41) is 0. The van der Waals surface area contributed by atoms with Gasteiger partial charge in [-0.25, -0.2) is 0 Å². The van der Waals surface area contributed by atoms with E-state index in [9.17, 15) is 4.79 Å². The maximum atomic E-state index is 13.6. The molecule has 0 radical (unpaired) electrons. The molecule has 32 heavy (non-hydrogen) atoms. The molecule has 4 rings (SSSR count). The van der Waals surface area contributed by atoms with Gasteiger partial charge in [0.15, 0.2) is 0 Å². The minimum Gasteiger partial charge on any atom is -0.331 e. The number of amides is 1. The van der Waals surface area contributed by atoms with Crippen LogP contribution >= 0.6 is 0 Å². The largest absolute Gasteiger partial charge is 0.331 e. The number of aromatic nitrogens is 1. The number of likely N-dealkylation sites (tertiary alicyclic amines) is 1. The van der Waals surface area contributed by atoms with Crippen LogP contribution in [0.2, 0.25) is 0 Å². The van der Waals surface area contributed by atoms with Gasteiger partial charge in [0.2, 0.25) is 0 Å². The van der Waals surface area contributed by atoms with Gasteiger partial charge in [0.05, 0.1) is 0 Å². The summed E-state index contributed by atoms with van der Waals surface area (Å²) in [6.07, 6.45) is 11.8. The molecule has 2 fully saturated rings. The fourth-order valence-electron chi connectivity index (χ4n) is 4.91. The number of piperidine rings is 1. The third kappa shape index (κ3) is 6.07. The van der Waals surface area contributed by atoms with Gasteiger partial charge < -0.3 is 4.90 Å². The van der Waals surface area contributed by atoms with E-state index < -0.39 is 0 Å². The first-order chi connectivity index (χ1) is 15.6. The molecule has 1 saturated carbocycles. The first-order valence-electron chi connectivity index (χ1n) is 12.3. The van der Waals surface area contributed by atoms with Crippen LogP contribution in [0.5, 0.6) is 0 Å². The molecule has 0 N–H and O–H groups in total. The Morgan fingerprint density at radius 3 is 2.41 bits per heavy atom. The standard InChI is InChI=1S/C28H37N3O/c1-22(2)9-8-18-30-19-15-24(16-20-30)27(21-23-10-4-3-5-11-23)31(25-13-14-25)28(32)26-12-6-7-17-29-26/h3-12,17,22,24-25,27H,13-16,18-21H2,1-2H3/b9-8+/t27-/m0/s1. The molecule has 1 amide bonds. The molecule has 1 aliphatic carbocycles. The number of rotatable bonds is 9. The van der Waals surface area contributed by atoms with E-state index in [1.54, 1.807) is 6.20 Å². The molecule has 2 aromatic rings. The third-order valence-corrected chi connectivity index (χ3v) is 6.76. The number of benzene rings is 1. The van der Waals surface area contributed by atoms with E-state index in [0.717, 1.165) is 51.7 Å². The number of carbonyl (C=O) groups is 1. The molecule has 2 aliphatic rings. The lowest BCUT2D eigenvalue weighted by Gasteiger charge is -2.41. The van der Waals surface area contributed by atoms with Crippen molar-refractivity contribution in [2.45, 2.75) is 58.0 Å².